The van der Waals surface area contributed by atoms with Crippen LogP contribution < -0.4 is 37.6 Å². The Morgan fingerprint density at radius 3 is 1.27 bits per heavy atom. The van der Waals surface area contributed by atoms with Gasteiger partial charge in [-0.3, -0.25) is 47.9 Å². The van der Waals surface area contributed by atoms with Gasteiger partial charge >= 0.3 is 24.1 Å². The molecule has 34 heteroatoms. The second kappa shape index (κ2) is 40.9. The number of carbonyl (C=O) groups is 11. The van der Waals surface area contributed by atoms with Crippen molar-refractivity contribution < 1.29 is 129 Å². The molecule has 458 valence electrons. The van der Waals surface area contributed by atoms with E-state index in [-0.39, 0.29) is 24.7 Å². The maximum absolute atomic E-state index is 14.1. The number of carboxylic acid groups (broad SMARTS) is 3. The fraction of sp³-hybridized carbons (Fsp3) is 0.739. The number of aliphatic hydroxyl groups is 10. The molecular weight excluding hydrogens is 1100 g/mol. The van der Waals surface area contributed by atoms with Gasteiger partial charge in [-0.15, -0.1) is 0 Å². The molecular formula is C46H77N7O26S. The first kappa shape index (κ1) is 75.9. The quantitative estimate of drug-likeness (QED) is 0.0252. The highest BCUT2D eigenvalue weighted by Crippen LogP contribution is 2.19. The Kier molecular flexibility index (Phi) is 38.9. The number of hydrogen-bond donors (Lipinski definition) is 21. The van der Waals surface area contributed by atoms with Gasteiger partial charge in [0.25, 0.3) is 0 Å². The normalized spacial score (nSPS) is 16.7. The van der Waals surface area contributed by atoms with Crippen molar-refractivity contribution in [2.75, 3.05) is 32.1 Å². The number of amides is 6. The van der Waals surface area contributed by atoms with Crippen molar-refractivity contribution in [3.05, 3.63) is 0 Å². The topological polar surface area (TPSA) is 583 Å². The predicted molar refractivity (Wildman–Crippen MR) is 269 cm³/mol. The highest BCUT2D eigenvalue weighted by Gasteiger charge is 2.35. The summed E-state index contributed by atoms with van der Waals surface area (Å²) in [7, 11) is 0. The second-order valence-corrected chi connectivity index (χ2v) is 18.6. The minimum absolute atomic E-state index is 0.0760. The van der Waals surface area contributed by atoms with Crippen molar-refractivity contribution in [2.45, 2.75) is 170 Å². The van der Waals surface area contributed by atoms with Crippen LogP contribution in [-0.2, 0) is 62.3 Å². The molecule has 0 saturated heterocycles. The Hall–Kier alpha value is -6.14. The standard InChI is InChI=1S/C45H77N7O24S.CO2/c1-3-21(4-12-35(63)64)42(72)51-25(8-11-34(62)48-16-30(58)38(68)40(70)32(60)18-54)28(56)14-22(5-13-36(65)66)43(73)50-24(7-10-33(61)47-15-29(57)37(67)39(69)31(59)17-53)27(55)9-6-23(46)44(74)49-20(2)41(71)52-26(19-77)45(75)76;2-1-3/h20-26,29-32,37-40,53-54,57-60,67-70,77H,3-19,46H2,1-2H3,(H,47,61)(H,48,62)(H,49,74)(H,50,73)(H,51,72)(H,52,71)(H,63,64)(H,65,66)(H,75,76);/t20-,21+,22-,23-,24+,25+,26-,29-,30-,31+,32+,37+,38+,39+,40+;/m0./s1. The average molecular weight is 1180 g/mol. The highest BCUT2D eigenvalue weighted by molar-refractivity contribution is 7.80. The molecule has 21 N–H and O–H groups in total. The fourth-order valence-electron chi connectivity index (χ4n) is 7.04. The van der Waals surface area contributed by atoms with Gasteiger partial charge in [0.2, 0.25) is 35.4 Å². The summed E-state index contributed by atoms with van der Waals surface area (Å²) < 4.78 is 0. The number of carbonyl (C=O) groups excluding carboxylic acids is 10. The molecule has 6 amide bonds. The van der Waals surface area contributed by atoms with Crippen LogP contribution in [0.15, 0.2) is 0 Å². The molecule has 0 radical (unpaired) electrons. The molecule has 0 aliphatic carbocycles. The number of aliphatic hydroxyl groups excluding tert-OH is 10. The minimum Gasteiger partial charge on any atom is -0.481 e. The van der Waals surface area contributed by atoms with Gasteiger partial charge in [-0.1, -0.05) is 6.92 Å². The van der Waals surface area contributed by atoms with Gasteiger partial charge in [0.1, 0.15) is 48.7 Å². The molecule has 0 heterocycles. The first-order valence-electron chi connectivity index (χ1n) is 24.9. The molecule has 0 aromatic carbocycles. The number of thiol groups is 1. The molecule has 0 bridgehead atoms. The lowest BCUT2D eigenvalue weighted by Crippen LogP contribution is -2.53. The van der Waals surface area contributed by atoms with E-state index in [0.717, 1.165) is 0 Å². The van der Waals surface area contributed by atoms with E-state index >= 15 is 0 Å². The van der Waals surface area contributed by atoms with Gasteiger partial charge in [0.05, 0.1) is 43.5 Å². The summed E-state index contributed by atoms with van der Waals surface area (Å²) in [5.74, 6) is -14.7. The average Bonchev–Trinajstić information content (AvgIpc) is 3.41. The summed E-state index contributed by atoms with van der Waals surface area (Å²) in [6.45, 7) is -0.728. The Morgan fingerprint density at radius 1 is 0.500 bits per heavy atom. The van der Waals surface area contributed by atoms with Crippen LogP contribution in [-0.4, -0.2) is 249 Å². The molecule has 0 rings (SSSR count). The number of ketones is 2. The maximum atomic E-state index is 14.1. The zero-order chi connectivity index (χ0) is 62.0. The Labute approximate surface area is 462 Å². The first-order valence-corrected chi connectivity index (χ1v) is 25.5. The van der Waals surface area contributed by atoms with Crippen molar-refractivity contribution in [3.63, 3.8) is 0 Å². The maximum Gasteiger partial charge on any atom is 0.373 e. The third kappa shape index (κ3) is 30.4. The molecule has 0 spiro atoms. The van der Waals surface area contributed by atoms with Crippen LogP contribution in [0.1, 0.15) is 90.9 Å². The number of nitrogens with one attached hydrogen (secondary N) is 6. The molecule has 0 unspecified atom stereocenters. The van der Waals surface area contributed by atoms with Gasteiger partial charge < -0.3 is 104 Å². The monoisotopic (exact) mass is 1180 g/mol. The Bertz CT molecular complexity index is 2050. The molecule has 0 aliphatic heterocycles. The molecule has 15 atom stereocenters. The lowest BCUT2D eigenvalue weighted by atomic mass is 9.90. The van der Waals surface area contributed by atoms with Gasteiger partial charge in [-0.05, 0) is 45.4 Å². The van der Waals surface area contributed by atoms with E-state index in [1.807, 2.05) is 0 Å². The van der Waals surface area contributed by atoms with E-state index < -0.39 is 246 Å². The van der Waals surface area contributed by atoms with Crippen molar-refractivity contribution in [2.24, 2.45) is 17.6 Å². The molecule has 0 saturated carbocycles. The number of Topliss-reactive ketones (excluding diaryl/α,β-unsaturated/α-hetero) is 2. The van der Waals surface area contributed by atoms with Crippen molar-refractivity contribution in [1.82, 2.24) is 31.9 Å². The summed E-state index contributed by atoms with van der Waals surface area (Å²) in [4.78, 5) is 157. The summed E-state index contributed by atoms with van der Waals surface area (Å²) in [6.07, 6.45) is -21.8. The third-order valence-corrected chi connectivity index (χ3v) is 12.4. The molecule has 80 heavy (non-hydrogen) atoms. The van der Waals surface area contributed by atoms with Gasteiger partial charge in [-0.2, -0.15) is 22.2 Å². The van der Waals surface area contributed by atoms with Crippen molar-refractivity contribution in [1.29, 1.82) is 0 Å². The highest BCUT2D eigenvalue weighted by atomic mass is 32.1. The van der Waals surface area contributed by atoms with E-state index in [0.29, 0.717) is 0 Å². The van der Waals surface area contributed by atoms with Crippen LogP contribution in [0.4, 0.5) is 0 Å². The number of hydrogen-bond acceptors (Lipinski definition) is 25. The zero-order valence-corrected chi connectivity index (χ0v) is 44.7. The SMILES string of the molecule is CC[C@H](CCC(=O)O)C(=O)N[C@H](CCC(=O)NC[C@H](O)[C@@H](O)[C@H](O)[C@H](O)CO)C(=O)C[C@H](CCC(=O)O)C(=O)N[C@H](CCC(=O)NC[C@H](O)[C@@H](O)[C@H](O)[C@H](O)CO)C(=O)CC[C@H](N)C(=O)N[C@@H](C)C(=O)N[C@@H](CS)C(=O)O.O=C=O. The molecule has 0 fully saturated rings. The minimum atomic E-state index is -2.07. The smallest absolute Gasteiger partial charge is 0.373 e. The Balaban J connectivity index is 0. The van der Waals surface area contributed by atoms with Crippen LogP contribution in [0.25, 0.3) is 0 Å². The second-order valence-electron chi connectivity index (χ2n) is 18.2. The van der Waals surface area contributed by atoms with Crippen LogP contribution in [0, 0.1) is 11.8 Å². The van der Waals surface area contributed by atoms with Crippen molar-refractivity contribution in [3.8, 4) is 0 Å². The number of rotatable bonds is 42. The van der Waals surface area contributed by atoms with E-state index in [9.17, 15) is 109 Å². The van der Waals surface area contributed by atoms with E-state index in [1.54, 1.807) is 6.92 Å². The number of carboxylic acids is 3. The predicted octanol–water partition coefficient (Wildman–Crippen LogP) is -8.95. The van der Waals surface area contributed by atoms with Crippen LogP contribution in [0.2, 0.25) is 0 Å². The van der Waals surface area contributed by atoms with Crippen LogP contribution in [0.5, 0.6) is 0 Å². The lowest BCUT2D eigenvalue weighted by molar-refractivity contribution is -0.192. The van der Waals surface area contributed by atoms with Crippen LogP contribution >= 0.6 is 12.6 Å². The van der Waals surface area contributed by atoms with E-state index in [2.05, 4.69) is 44.5 Å². The van der Waals surface area contributed by atoms with Gasteiger partial charge in [0, 0.05) is 69.2 Å². The summed E-state index contributed by atoms with van der Waals surface area (Å²) in [5, 5.41) is 139. The fourth-order valence-corrected chi connectivity index (χ4v) is 7.28. The summed E-state index contributed by atoms with van der Waals surface area (Å²) in [6, 6.07) is -7.61. The molecule has 33 nitrogen and oxygen atoms in total. The Morgan fingerprint density at radius 2 is 0.887 bits per heavy atom. The van der Waals surface area contributed by atoms with Crippen molar-refractivity contribution >= 4 is 83.7 Å². The third-order valence-electron chi connectivity index (χ3n) is 12.1. The zero-order valence-electron chi connectivity index (χ0n) is 43.8. The van der Waals surface area contributed by atoms with E-state index in [1.165, 1.54) is 6.92 Å². The number of nitrogens with two attached hydrogens (primary N) is 1. The summed E-state index contributed by atoms with van der Waals surface area (Å²) >= 11 is 3.84. The van der Waals surface area contributed by atoms with Gasteiger partial charge in [-0.25, -0.2) is 4.79 Å². The molecule has 0 aromatic rings. The summed E-state index contributed by atoms with van der Waals surface area (Å²) in [5.41, 5.74) is 5.99. The first-order chi connectivity index (χ1) is 37.4. The molecule has 0 aliphatic rings. The lowest BCUT2D eigenvalue weighted by Gasteiger charge is -2.26. The molecule has 0 aromatic heterocycles. The number of aliphatic carboxylic acids is 3. The van der Waals surface area contributed by atoms with E-state index in [4.69, 9.17) is 25.5 Å². The largest absolute Gasteiger partial charge is 0.481 e. The van der Waals surface area contributed by atoms with Crippen LogP contribution in [0.3, 0.4) is 0 Å². The van der Waals surface area contributed by atoms with Gasteiger partial charge in [0.15, 0.2) is 11.6 Å².